The van der Waals surface area contributed by atoms with Crippen LogP contribution in [0.2, 0.25) is 0 Å². The second kappa shape index (κ2) is 8.95. The zero-order valence-electron chi connectivity index (χ0n) is 17.5. The number of hydrogen-bond donors (Lipinski definition) is 2. The zero-order valence-corrected chi connectivity index (χ0v) is 17.5. The van der Waals surface area contributed by atoms with Crippen LogP contribution in [-0.4, -0.2) is 29.3 Å². The first-order chi connectivity index (χ1) is 14.6. The van der Waals surface area contributed by atoms with Gasteiger partial charge < -0.3 is 15.5 Å². The predicted octanol–water partition coefficient (Wildman–Crippen LogP) is 5.39. The van der Waals surface area contributed by atoms with Crippen molar-refractivity contribution in [3.8, 4) is 11.3 Å². The van der Waals surface area contributed by atoms with Crippen molar-refractivity contribution >= 4 is 23.2 Å². The molecule has 0 saturated carbocycles. The summed E-state index contributed by atoms with van der Waals surface area (Å²) in [7, 11) is 0. The highest BCUT2D eigenvalue weighted by Crippen LogP contribution is 2.23. The van der Waals surface area contributed by atoms with E-state index in [-0.39, 0.29) is 6.03 Å². The van der Waals surface area contributed by atoms with Crippen molar-refractivity contribution in [2.75, 3.05) is 28.6 Å². The fourth-order valence-electron chi connectivity index (χ4n) is 3.77. The number of urea groups is 1. The maximum atomic E-state index is 12.4. The summed E-state index contributed by atoms with van der Waals surface area (Å²) in [6.07, 6.45) is 3.71. The summed E-state index contributed by atoms with van der Waals surface area (Å²) in [6.45, 7) is 6.10. The quantitative estimate of drug-likeness (QED) is 0.614. The molecule has 2 heterocycles. The number of nitrogens with one attached hydrogen (secondary N) is 2. The molecule has 1 aromatic heterocycles. The molecule has 4 rings (SSSR count). The third-order valence-corrected chi connectivity index (χ3v) is 5.38. The highest BCUT2D eigenvalue weighted by atomic mass is 16.2. The summed E-state index contributed by atoms with van der Waals surface area (Å²) < 4.78 is 0. The van der Waals surface area contributed by atoms with Crippen LogP contribution in [0.25, 0.3) is 11.3 Å². The van der Waals surface area contributed by atoms with E-state index < -0.39 is 0 Å². The highest BCUT2D eigenvalue weighted by molar-refractivity contribution is 6.00. The van der Waals surface area contributed by atoms with Crippen molar-refractivity contribution in [1.82, 2.24) is 10.2 Å². The topological polar surface area (TPSA) is 70.2 Å². The van der Waals surface area contributed by atoms with Gasteiger partial charge in [-0.05, 0) is 69.0 Å². The van der Waals surface area contributed by atoms with E-state index in [4.69, 9.17) is 0 Å². The minimum Gasteiger partial charge on any atom is -0.355 e. The first-order valence-corrected chi connectivity index (χ1v) is 10.4. The van der Waals surface area contributed by atoms with E-state index >= 15 is 0 Å². The van der Waals surface area contributed by atoms with Crippen LogP contribution in [0, 0.1) is 13.8 Å². The molecule has 6 nitrogen and oxygen atoms in total. The van der Waals surface area contributed by atoms with Gasteiger partial charge in [-0.15, -0.1) is 10.2 Å². The van der Waals surface area contributed by atoms with Crippen molar-refractivity contribution in [3.05, 3.63) is 65.7 Å². The minimum atomic E-state index is -0.273. The van der Waals surface area contributed by atoms with Gasteiger partial charge in [0.1, 0.15) is 0 Å². The summed E-state index contributed by atoms with van der Waals surface area (Å²) >= 11 is 0. The normalized spacial score (nSPS) is 13.7. The van der Waals surface area contributed by atoms with Crippen LogP contribution in [0.15, 0.2) is 54.6 Å². The number of carbonyl (C=O) groups is 1. The van der Waals surface area contributed by atoms with Gasteiger partial charge in [0.25, 0.3) is 0 Å². The highest BCUT2D eigenvalue weighted by Gasteiger charge is 2.13. The SMILES string of the molecule is Cc1ccc(NC(=O)Nc2cccc(-c3ccc(N4CCCCC4)nn3)c2)c(C)c1. The van der Waals surface area contributed by atoms with Gasteiger partial charge in [-0.1, -0.05) is 29.8 Å². The molecule has 1 saturated heterocycles. The zero-order chi connectivity index (χ0) is 20.9. The van der Waals surface area contributed by atoms with E-state index in [1.807, 2.05) is 68.4 Å². The number of anilines is 3. The van der Waals surface area contributed by atoms with Crippen LogP contribution < -0.4 is 15.5 Å². The number of amides is 2. The van der Waals surface area contributed by atoms with Gasteiger partial charge in [-0.3, -0.25) is 0 Å². The lowest BCUT2D eigenvalue weighted by atomic mass is 10.1. The van der Waals surface area contributed by atoms with Crippen molar-refractivity contribution < 1.29 is 4.79 Å². The molecule has 1 aliphatic rings. The molecule has 2 aromatic carbocycles. The Morgan fingerprint density at radius 3 is 2.47 bits per heavy atom. The lowest BCUT2D eigenvalue weighted by Crippen LogP contribution is -2.30. The average molecular weight is 402 g/mol. The Balaban J connectivity index is 1.43. The second-order valence-electron chi connectivity index (χ2n) is 7.80. The van der Waals surface area contributed by atoms with Crippen LogP contribution in [0.4, 0.5) is 22.0 Å². The number of carbonyl (C=O) groups excluding carboxylic acids is 1. The van der Waals surface area contributed by atoms with Crippen molar-refractivity contribution in [1.29, 1.82) is 0 Å². The molecule has 1 aliphatic heterocycles. The Labute approximate surface area is 177 Å². The van der Waals surface area contributed by atoms with Crippen LogP contribution in [0.5, 0.6) is 0 Å². The van der Waals surface area contributed by atoms with E-state index in [9.17, 15) is 4.79 Å². The number of aromatic nitrogens is 2. The third kappa shape index (κ3) is 4.76. The van der Waals surface area contributed by atoms with E-state index in [1.54, 1.807) is 0 Å². The molecule has 30 heavy (non-hydrogen) atoms. The molecule has 3 aromatic rings. The van der Waals surface area contributed by atoms with Gasteiger partial charge in [-0.25, -0.2) is 4.79 Å². The van der Waals surface area contributed by atoms with Gasteiger partial charge in [0.05, 0.1) is 5.69 Å². The standard InChI is InChI=1S/C24H27N5O/c1-17-9-10-21(18(2)15-17)26-24(30)25-20-8-6-7-19(16-20)22-11-12-23(28-27-22)29-13-4-3-5-14-29/h6-12,15-16H,3-5,13-14H2,1-2H3,(H2,25,26,30). The van der Waals surface area contributed by atoms with E-state index in [2.05, 4.69) is 25.7 Å². The Kier molecular flexibility index (Phi) is 5.93. The Morgan fingerprint density at radius 2 is 1.73 bits per heavy atom. The first-order valence-electron chi connectivity index (χ1n) is 10.4. The van der Waals surface area contributed by atoms with Gasteiger partial charge in [0, 0.05) is 30.0 Å². The minimum absolute atomic E-state index is 0.273. The number of benzene rings is 2. The van der Waals surface area contributed by atoms with Crippen molar-refractivity contribution in [2.45, 2.75) is 33.1 Å². The Bertz CT molecular complexity index is 1030. The van der Waals surface area contributed by atoms with E-state index in [0.717, 1.165) is 41.4 Å². The molecule has 0 aliphatic carbocycles. The van der Waals surface area contributed by atoms with E-state index in [0.29, 0.717) is 5.69 Å². The van der Waals surface area contributed by atoms with E-state index in [1.165, 1.54) is 24.8 Å². The maximum Gasteiger partial charge on any atom is 0.323 e. The molecule has 0 unspecified atom stereocenters. The molecule has 0 atom stereocenters. The molecule has 0 radical (unpaired) electrons. The largest absolute Gasteiger partial charge is 0.355 e. The Morgan fingerprint density at radius 1 is 0.900 bits per heavy atom. The summed E-state index contributed by atoms with van der Waals surface area (Å²) in [4.78, 5) is 14.7. The molecule has 0 spiro atoms. The summed E-state index contributed by atoms with van der Waals surface area (Å²) in [5.74, 6) is 0.931. The van der Waals surface area contributed by atoms with Crippen LogP contribution in [-0.2, 0) is 0 Å². The van der Waals surface area contributed by atoms with Gasteiger partial charge in [0.2, 0.25) is 0 Å². The number of aryl methyl sites for hydroxylation is 2. The van der Waals surface area contributed by atoms with Crippen LogP contribution >= 0.6 is 0 Å². The molecule has 6 heteroatoms. The maximum absolute atomic E-state index is 12.4. The molecule has 0 bridgehead atoms. The van der Waals surface area contributed by atoms with Gasteiger partial charge >= 0.3 is 6.03 Å². The molecule has 154 valence electrons. The fraction of sp³-hybridized carbons (Fsp3) is 0.292. The lowest BCUT2D eigenvalue weighted by Gasteiger charge is -2.27. The smallest absolute Gasteiger partial charge is 0.323 e. The van der Waals surface area contributed by atoms with Crippen LogP contribution in [0.3, 0.4) is 0 Å². The summed E-state index contributed by atoms with van der Waals surface area (Å²) in [5.41, 5.74) is 5.40. The average Bonchev–Trinajstić information content (AvgIpc) is 2.77. The third-order valence-electron chi connectivity index (χ3n) is 5.38. The molecular weight excluding hydrogens is 374 g/mol. The lowest BCUT2D eigenvalue weighted by molar-refractivity contribution is 0.262. The summed E-state index contributed by atoms with van der Waals surface area (Å²) in [6, 6.07) is 17.3. The van der Waals surface area contributed by atoms with Crippen LogP contribution in [0.1, 0.15) is 30.4 Å². The van der Waals surface area contributed by atoms with Gasteiger partial charge in [0.15, 0.2) is 5.82 Å². The molecule has 2 N–H and O–H groups in total. The fourth-order valence-corrected chi connectivity index (χ4v) is 3.77. The number of hydrogen-bond acceptors (Lipinski definition) is 4. The van der Waals surface area contributed by atoms with Gasteiger partial charge in [-0.2, -0.15) is 0 Å². The number of piperidine rings is 1. The molecular formula is C24H27N5O. The summed E-state index contributed by atoms with van der Waals surface area (Å²) in [5, 5.41) is 14.6. The monoisotopic (exact) mass is 401 g/mol. The van der Waals surface area contributed by atoms with Crippen molar-refractivity contribution in [3.63, 3.8) is 0 Å². The predicted molar refractivity (Wildman–Crippen MR) is 122 cm³/mol. The Hall–Kier alpha value is -3.41. The van der Waals surface area contributed by atoms with Crippen molar-refractivity contribution in [2.24, 2.45) is 0 Å². The molecule has 2 amide bonds. The first kappa shape index (κ1) is 19.9. The number of nitrogens with zero attached hydrogens (tertiary/aromatic N) is 3. The number of rotatable bonds is 4. The molecule has 1 fully saturated rings. The second-order valence-corrected chi connectivity index (χ2v) is 7.80.